The van der Waals surface area contributed by atoms with Crippen LogP contribution in [-0.4, -0.2) is 32.6 Å². The molecule has 23 heavy (non-hydrogen) atoms. The van der Waals surface area contributed by atoms with Gasteiger partial charge in [0.25, 0.3) is 5.91 Å². The monoisotopic (exact) mass is 331 g/mol. The summed E-state index contributed by atoms with van der Waals surface area (Å²) in [6, 6.07) is 2.05. The molecule has 2 N–H and O–H groups in total. The zero-order valence-electron chi connectivity index (χ0n) is 13.4. The molecule has 0 spiro atoms. The van der Waals surface area contributed by atoms with Gasteiger partial charge in [-0.05, 0) is 51.5 Å². The van der Waals surface area contributed by atoms with Gasteiger partial charge in [0, 0.05) is 18.2 Å². The van der Waals surface area contributed by atoms with E-state index in [0.29, 0.717) is 11.5 Å². The highest BCUT2D eigenvalue weighted by atomic mass is 32.1. The summed E-state index contributed by atoms with van der Waals surface area (Å²) in [5.41, 5.74) is 0.679. The Balaban J connectivity index is 1.43. The summed E-state index contributed by atoms with van der Waals surface area (Å²) in [5.74, 6) is 0.788. The van der Waals surface area contributed by atoms with Crippen LogP contribution in [0.15, 0.2) is 12.3 Å². The minimum absolute atomic E-state index is 0.0834. The van der Waals surface area contributed by atoms with Crippen molar-refractivity contribution in [1.29, 1.82) is 0 Å². The lowest BCUT2D eigenvalue weighted by atomic mass is 9.71. The molecule has 0 unspecified atom stereocenters. The molecule has 2 heterocycles. The van der Waals surface area contributed by atoms with Gasteiger partial charge >= 0.3 is 0 Å². The first-order valence-electron chi connectivity index (χ1n) is 8.20. The Morgan fingerprint density at radius 1 is 1.39 bits per heavy atom. The van der Waals surface area contributed by atoms with Crippen molar-refractivity contribution in [2.45, 2.75) is 57.1 Å². The summed E-state index contributed by atoms with van der Waals surface area (Å²) in [6.07, 6.45) is 5.71. The molecule has 0 aliphatic heterocycles. The zero-order valence-corrected chi connectivity index (χ0v) is 14.2. The Morgan fingerprint density at radius 2 is 2.13 bits per heavy atom. The molecule has 2 aromatic rings. The number of amides is 1. The maximum Gasteiger partial charge on any atom is 0.253 e. The third kappa shape index (κ3) is 2.97. The molecule has 2 fully saturated rings. The second-order valence-corrected chi connectivity index (χ2v) is 8.43. The summed E-state index contributed by atoms with van der Waals surface area (Å²) in [7, 11) is 0. The maximum atomic E-state index is 12.4. The fraction of sp³-hybridized carbons (Fsp3) is 0.588. The fourth-order valence-corrected chi connectivity index (χ4v) is 4.18. The highest BCUT2D eigenvalue weighted by molar-refractivity contribution is 7.18. The second-order valence-electron chi connectivity index (χ2n) is 7.36. The number of aliphatic hydroxyl groups is 1. The van der Waals surface area contributed by atoms with Gasteiger partial charge in [-0.15, -0.1) is 11.3 Å². The molecule has 2 aliphatic rings. The quantitative estimate of drug-likeness (QED) is 0.903. The zero-order chi connectivity index (χ0) is 16.2. The lowest BCUT2D eigenvalue weighted by Crippen LogP contribution is -2.50. The van der Waals surface area contributed by atoms with Gasteiger partial charge in [0.15, 0.2) is 5.65 Å². The van der Waals surface area contributed by atoms with Crippen molar-refractivity contribution in [1.82, 2.24) is 15.3 Å². The summed E-state index contributed by atoms with van der Waals surface area (Å²) in [4.78, 5) is 21.3. The standard InChI is InChI=1S/C17H21N3O2S/c1-17(2,22)11-6-12(7-11)19-15(21)10-5-13-14(18-8-10)20-16(23-13)9-3-4-9/h5,8-9,11-12,22H,3-4,6-7H2,1-2H3,(H,19,21)/t11-,12-. The Bertz CT molecular complexity index is 755. The number of hydrogen-bond acceptors (Lipinski definition) is 5. The van der Waals surface area contributed by atoms with Crippen LogP contribution in [0, 0.1) is 5.92 Å². The highest BCUT2D eigenvalue weighted by Gasteiger charge is 2.39. The minimum Gasteiger partial charge on any atom is -0.390 e. The fourth-order valence-electron chi connectivity index (χ4n) is 3.05. The van der Waals surface area contributed by atoms with Crippen LogP contribution in [0.2, 0.25) is 0 Å². The first kappa shape index (κ1) is 15.0. The lowest BCUT2D eigenvalue weighted by molar-refractivity contribution is -0.0309. The normalized spacial score (nSPS) is 24.5. The molecular formula is C17H21N3O2S. The summed E-state index contributed by atoms with van der Waals surface area (Å²) >= 11 is 1.66. The van der Waals surface area contributed by atoms with Crippen LogP contribution < -0.4 is 5.32 Å². The number of carbonyl (C=O) groups is 1. The molecule has 0 bridgehead atoms. The van der Waals surface area contributed by atoms with E-state index in [2.05, 4.69) is 15.3 Å². The van der Waals surface area contributed by atoms with Crippen LogP contribution >= 0.6 is 11.3 Å². The highest BCUT2D eigenvalue weighted by Crippen LogP contribution is 2.43. The molecular weight excluding hydrogens is 310 g/mol. The summed E-state index contributed by atoms with van der Waals surface area (Å²) in [6.45, 7) is 3.66. The average molecular weight is 331 g/mol. The molecule has 0 atom stereocenters. The number of nitrogens with zero attached hydrogens (tertiary/aromatic N) is 2. The molecule has 2 saturated carbocycles. The first-order valence-corrected chi connectivity index (χ1v) is 9.01. The van der Waals surface area contributed by atoms with Crippen molar-refractivity contribution in [3.05, 3.63) is 22.8 Å². The predicted octanol–water partition coefficient (Wildman–Crippen LogP) is 2.85. The number of rotatable bonds is 4. The summed E-state index contributed by atoms with van der Waals surface area (Å²) in [5, 5.41) is 14.1. The summed E-state index contributed by atoms with van der Waals surface area (Å²) < 4.78 is 0.988. The third-order valence-corrected chi connectivity index (χ3v) is 6.08. The van der Waals surface area contributed by atoms with E-state index >= 15 is 0 Å². The van der Waals surface area contributed by atoms with Gasteiger partial charge in [-0.2, -0.15) is 0 Å². The average Bonchev–Trinajstić information content (AvgIpc) is 3.19. The smallest absolute Gasteiger partial charge is 0.253 e. The third-order valence-electron chi connectivity index (χ3n) is 4.92. The molecule has 1 amide bonds. The van der Waals surface area contributed by atoms with E-state index < -0.39 is 5.60 Å². The van der Waals surface area contributed by atoms with Crippen molar-refractivity contribution in [2.24, 2.45) is 5.92 Å². The number of aromatic nitrogens is 2. The number of fused-ring (bicyclic) bond motifs is 1. The lowest BCUT2D eigenvalue weighted by Gasteiger charge is -2.42. The number of thiazole rings is 1. The van der Waals surface area contributed by atoms with Crippen LogP contribution in [0.3, 0.4) is 0 Å². The molecule has 5 nitrogen and oxygen atoms in total. The van der Waals surface area contributed by atoms with E-state index in [1.165, 1.54) is 12.8 Å². The molecule has 2 aliphatic carbocycles. The van der Waals surface area contributed by atoms with E-state index in [-0.39, 0.29) is 17.9 Å². The van der Waals surface area contributed by atoms with E-state index in [9.17, 15) is 9.90 Å². The molecule has 0 radical (unpaired) electrons. The van der Waals surface area contributed by atoms with Crippen molar-refractivity contribution in [3.63, 3.8) is 0 Å². The minimum atomic E-state index is -0.663. The van der Waals surface area contributed by atoms with Crippen LogP contribution in [0.5, 0.6) is 0 Å². The van der Waals surface area contributed by atoms with Gasteiger partial charge in [0.1, 0.15) is 0 Å². The molecule has 0 saturated heterocycles. The van der Waals surface area contributed by atoms with E-state index in [4.69, 9.17) is 0 Å². The number of hydrogen-bond donors (Lipinski definition) is 2. The van der Waals surface area contributed by atoms with Crippen molar-refractivity contribution in [2.75, 3.05) is 0 Å². The predicted molar refractivity (Wildman–Crippen MR) is 89.7 cm³/mol. The van der Waals surface area contributed by atoms with E-state index in [1.807, 2.05) is 19.9 Å². The van der Waals surface area contributed by atoms with Crippen LogP contribution in [0.4, 0.5) is 0 Å². The Kier molecular flexibility index (Phi) is 3.43. The topological polar surface area (TPSA) is 75.1 Å². The van der Waals surface area contributed by atoms with Crippen molar-refractivity contribution in [3.8, 4) is 0 Å². The van der Waals surface area contributed by atoms with Crippen LogP contribution in [-0.2, 0) is 0 Å². The molecule has 122 valence electrons. The van der Waals surface area contributed by atoms with Gasteiger partial charge < -0.3 is 10.4 Å². The Labute approximate surface area is 139 Å². The van der Waals surface area contributed by atoms with E-state index in [1.54, 1.807) is 17.5 Å². The largest absolute Gasteiger partial charge is 0.390 e. The SMILES string of the molecule is CC(C)(O)[C@H]1C[C@H](NC(=O)c2cnc3nc(C4CC4)sc3c2)C1. The van der Waals surface area contributed by atoms with Gasteiger partial charge in [-0.1, -0.05) is 0 Å². The van der Waals surface area contributed by atoms with Crippen LogP contribution in [0.25, 0.3) is 10.3 Å². The molecule has 4 rings (SSSR count). The van der Waals surface area contributed by atoms with Crippen molar-refractivity contribution >= 4 is 27.6 Å². The Morgan fingerprint density at radius 3 is 2.78 bits per heavy atom. The number of nitrogens with one attached hydrogen (secondary N) is 1. The van der Waals surface area contributed by atoms with Gasteiger partial charge in [-0.3, -0.25) is 4.79 Å². The Hall–Kier alpha value is -1.53. The maximum absolute atomic E-state index is 12.4. The first-order chi connectivity index (χ1) is 10.9. The van der Waals surface area contributed by atoms with Gasteiger partial charge in [-0.25, -0.2) is 9.97 Å². The van der Waals surface area contributed by atoms with Crippen molar-refractivity contribution < 1.29 is 9.90 Å². The van der Waals surface area contributed by atoms with E-state index in [0.717, 1.165) is 28.2 Å². The second kappa shape index (κ2) is 5.24. The number of pyridine rings is 1. The molecule has 0 aromatic carbocycles. The number of carbonyl (C=O) groups excluding carboxylic acids is 1. The van der Waals surface area contributed by atoms with Gasteiger partial charge in [0.05, 0.1) is 20.9 Å². The molecule has 6 heteroatoms. The molecule has 2 aromatic heterocycles. The van der Waals surface area contributed by atoms with Gasteiger partial charge in [0.2, 0.25) is 0 Å². The van der Waals surface area contributed by atoms with Crippen LogP contribution in [0.1, 0.15) is 60.8 Å².